The SMILES string of the molecule is CCOc1ccc(/C=C/C(=O)OC)cc1OCCCC[Si](OCC)(OCC)OCC. The van der Waals surface area contributed by atoms with Crippen LogP contribution in [0.15, 0.2) is 24.3 Å². The second-order valence-corrected chi connectivity index (χ2v) is 9.02. The Bertz CT molecular complexity index is 631. The molecule has 0 amide bonds. The zero-order valence-electron chi connectivity index (χ0n) is 18.9. The van der Waals surface area contributed by atoms with Crippen LogP contribution in [0.3, 0.4) is 0 Å². The van der Waals surface area contributed by atoms with E-state index < -0.39 is 14.8 Å². The molecule has 1 aromatic rings. The molecule has 0 heterocycles. The van der Waals surface area contributed by atoms with Gasteiger partial charge in [-0.25, -0.2) is 4.79 Å². The third-order valence-electron chi connectivity index (χ3n) is 4.11. The van der Waals surface area contributed by atoms with Crippen LogP contribution in [-0.2, 0) is 22.8 Å². The van der Waals surface area contributed by atoms with E-state index in [0.717, 1.165) is 24.4 Å². The molecule has 0 N–H and O–H groups in total. The van der Waals surface area contributed by atoms with Crippen LogP contribution < -0.4 is 9.47 Å². The van der Waals surface area contributed by atoms with E-state index >= 15 is 0 Å². The molecule has 7 nitrogen and oxygen atoms in total. The maximum atomic E-state index is 11.3. The molecule has 0 radical (unpaired) electrons. The summed E-state index contributed by atoms with van der Waals surface area (Å²) in [5, 5.41) is 0. The Balaban J connectivity index is 2.68. The number of methoxy groups -OCH3 is 1. The first-order valence-corrected chi connectivity index (χ1v) is 12.5. The fourth-order valence-corrected chi connectivity index (χ4v) is 5.56. The first kappa shape index (κ1) is 26.2. The number of esters is 1. The van der Waals surface area contributed by atoms with Crippen molar-refractivity contribution in [2.75, 3.05) is 40.1 Å². The van der Waals surface area contributed by atoms with Gasteiger partial charge in [-0.05, 0) is 64.3 Å². The molecule has 170 valence electrons. The smallest absolute Gasteiger partial charge is 0.490 e. The molecule has 0 aliphatic rings. The van der Waals surface area contributed by atoms with E-state index in [2.05, 4.69) is 4.74 Å². The van der Waals surface area contributed by atoms with Crippen molar-refractivity contribution in [1.29, 1.82) is 0 Å². The fraction of sp³-hybridized carbons (Fsp3) is 0.591. The summed E-state index contributed by atoms with van der Waals surface area (Å²) in [5.74, 6) is 0.915. The molecule has 0 unspecified atom stereocenters. The Labute approximate surface area is 181 Å². The summed E-state index contributed by atoms with van der Waals surface area (Å²) >= 11 is 0. The van der Waals surface area contributed by atoms with E-state index in [9.17, 15) is 4.79 Å². The monoisotopic (exact) mass is 440 g/mol. The van der Waals surface area contributed by atoms with Crippen molar-refractivity contribution >= 4 is 20.8 Å². The van der Waals surface area contributed by atoms with Gasteiger partial charge in [0.25, 0.3) is 0 Å². The van der Waals surface area contributed by atoms with Crippen molar-refractivity contribution in [1.82, 2.24) is 0 Å². The Morgan fingerprint density at radius 1 is 0.900 bits per heavy atom. The van der Waals surface area contributed by atoms with E-state index in [0.29, 0.717) is 44.5 Å². The summed E-state index contributed by atoms with van der Waals surface area (Å²) in [6.07, 6.45) is 4.76. The molecule has 1 aromatic carbocycles. The maximum absolute atomic E-state index is 11.3. The first-order valence-electron chi connectivity index (χ1n) is 10.6. The molecule has 8 heteroatoms. The molecular formula is C22H36O7Si. The van der Waals surface area contributed by atoms with Gasteiger partial charge in [0.2, 0.25) is 0 Å². The summed E-state index contributed by atoms with van der Waals surface area (Å²) in [5.41, 5.74) is 0.828. The molecule has 0 aromatic heterocycles. The van der Waals surface area contributed by atoms with Crippen LogP contribution in [0.2, 0.25) is 6.04 Å². The van der Waals surface area contributed by atoms with Gasteiger partial charge in [-0.2, -0.15) is 0 Å². The van der Waals surface area contributed by atoms with Gasteiger partial charge >= 0.3 is 14.8 Å². The number of carbonyl (C=O) groups excluding carboxylic acids is 1. The van der Waals surface area contributed by atoms with Crippen molar-refractivity contribution in [3.8, 4) is 11.5 Å². The Morgan fingerprint density at radius 3 is 2.13 bits per heavy atom. The third-order valence-corrected chi connectivity index (χ3v) is 7.26. The van der Waals surface area contributed by atoms with E-state index in [4.69, 9.17) is 22.8 Å². The predicted octanol–water partition coefficient (Wildman–Crippen LogP) is 4.48. The fourth-order valence-electron chi connectivity index (χ4n) is 2.88. The topological polar surface area (TPSA) is 72.5 Å². The van der Waals surface area contributed by atoms with Crippen LogP contribution in [0, 0.1) is 0 Å². The summed E-state index contributed by atoms with van der Waals surface area (Å²) in [4.78, 5) is 11.3. The van der Waals surface area contributed by atoms with Crippen molar-refractivity contribution in [2.24, 2.45) is 0 Å². The van der Waals surface area contributed by atoms with Crippen LogP contribution >= 0.6 is 0 Å². The average Bonchev–Trinajstić information content (AvgIpc) is 2.74. The summed E-state index contributed by atoms with van der Waals surface area (Å²) < 4.78 is 33.9. The number of ether oxygens (including phenoxy) is 3. The number of rotatable bonds is 16. The minimum absolute atomic E-state index is 0.406. The third kappa shape index (κ3) is 9.29. The molecule has 0 atom stereocenters. The number of hydrogen-bond donors (Lipinski definition) is 0. The number of benzene rings is 1. The standard InChI is InChI=1S/C22H36O7Si/c1-6-25-20-14-12-19(13-15-22(23)24-5)18-21(20)26-16-10-11-17-30(27-7-2,28-8-3)29-9-4/h12-15,18H,6-11,16-17H2,1-5H3/b15-13+. The predicted molar refractivity (Wildman–Crippen MR) is 119 cm³/mol. The summed E-state index contributed by atoms with van der Waals surface area (Å²) in [6, 6.07) is 6.31. The molecule has 0 fully saturated rings. The number of unbranched alkanes of at least 4 members (excludes halogenated alkanes) is 1. The van der Waals surface area contributed by atoms with E-state index in [1.165, 1.54) is 13.2 Å². The molecular weight excluding hydrogens is 404 g/mol. The van der Waals surface area contributed by atoms with Gasteiger partial charge < -0.3 is 27.5 Å². The minimum atomic E-state index is -2.62. The van der Waals surface area contributed by atoms with Crippen LogP contribution in [-0.4, -0.2) is 54.9 Å². The summed E-state index contributed by atoms with van der Waals surface area (Å²) in [6.45, 7) is 10.6. The Morgan fingerprint density at radius 2 is 1.57 bits per heavy atom. The second-order valence-electron chi connectivity index (χ2n) is 6.28. The molecule has 0 saturated carbocycles. The van der Waals surface area contributed by atoms with Gasteiger partial charge in [-0.1, -0.05) is 6.07 Å². The minimum Gasteiger partial charge on any atom is -0.490 e. The maximum Gasteiger partial charge on any atom is 0.500 e. The normalized spacial score (nSPS) is 11.6. The molecule has 0 saturated heterocycles. The van der Waals surface area contributed by atoms with Crippen molar-refractivity contribution in [2.45, 2.75) is 46.6 Å². The lowest BCUT2D eigenvalue weighted by molar-refractivity contribution is -0.134. The molecule has 30 heavy (non-hydrogen) atoms. The lowest BCUT2D eigenvalue weighted by atomic mass is 10.2. The second kappa shape index (κ2) is 15.0. The zero-order chi connectivity index (χ0) is 22.2. The highest BCUT2D eigenvalue weighted by atomic mass is 28.4. The van der Waals surface area contributed by atoms with Crippen LogP contribution in [0.5, 0.6) is 11.5 Å². The molecule has 0 aliphatic heterocycles. The number of hydrogen-bond acceptors (Lipinski definition) is 7. The number of carbonyl (C=O) groups is 1. The van der Waals surface area contributed by atoms with Crippen LogP contribution in [0.4, 0.5) is 0 Å². The van der Waals surface area contributed by atoms with E-state index in [-0.39, 0.29) is 0 Å². The van der Waals surface area contributed by atoms with Gasteiger partial charge in [0, 0.05) is 31.9 Å². The Hall–Kier alpha value is -1.87. The van der Waals surface area contributed by atoms with Crippen LogP contribution in [0.1, 0.15) is 46.1 Å². The first-order chi connectivity index (χ1) is 14.5. The zero-order valence-corrected chi connectivity index (χ0v) is 19.9. The highest BCUT2D eigenvalue weighted by Crippen LogP contribution is 2.29. The molecule has 0 spiro atoms. The summed E-state index contributed by atoms with van der Waals surface area (Å²) in [7, 11) is -1.27. The van der Waals surface area contributed by atoms with Gasteiger partial charge in [0.1, 0.15) is 0 Å². The van der Waals surface area contributed by atoms with Crippen molar-refractivity contribution < 1.29 is 32.3 Å². The lowest BCUT2D eigenvalue weighted by Crippen LogP contribution is -2.45. The van der Waals surface area contributed by atoms with Crippen molar-refractivity contribution in [3.05, 3.63) is 29.8 Å². The van der Waals surface area contributed by atoms with Gasteiger partial charge in [0.05, 0.1) is 20.3 Å². The largest absolute Gasteiger partial charge is 0.500 e. The van der Waals surface area contributed by atoms with Gasteiger partial charge in [-0.3, -0.25) is 0 Å². The average molecular weight is 441 g/mol. The lowest BCUT2D eigenvalue weighted by Gasteiger charge is -2.28. The molecule has 1 rings (SSSR count). The molecule has 0 aliphatic carbocycles. The van der Waals surface area contributed by atoms with Crippen molar-refractivity contribution in [3.63, 3.8) is 0 Å². The van der Waals surface area contributed by atoms with Gasteiger partial charge in [0.15, 0.2) is 11.5 Å². The van der Waals surface area contributed by atoms with E-state index in [1.54, 1.807) is 6.08 Å². The Kier molecular flexibility index (Phi) is 13.1. The highest BCUT2D eigenvalue weighted by molar-refractivity contribution is 6.60. The van der Waals surface area contributed by atoms with Gasteiger partial charge in [-0.15, -0.1) is 0 Å². The quantitative estimate of drug-likeness (QED) is 0.162. The van der Waals surface area contributed by atoms with E-state index in [1.807, 2.05) is 45.9 Å². The molecule has 0 bridgehead atoms. The highest BCUT2D eigenvalue weighted by Gasteiger charge is 2.39. The van der Waals surface area contributed by atoms with Crippen LogP contribution in [0.25, 0.3) is 6.08 Å².